The van der Waals surface area contributed by atoms with Crippen LogP contribution in [0, 0.1) is 11.7 Å². The van der Waals surface area contributed by atoms with Crippen LogP contribution in [-0.4, -0.2) is 30.3 Å². The molecule has 0 aliphatic heterocycles. The van der Waals surface area contributed by atoms with Crippen molar-refractivity contribution in [1.29, 1.82) is 0 Å². The molecule has 2 rings (SSSR count). The monoisotopic (exact) mass is 347 g/mol. The van der Waals surface area contributed by atoms with Crippen LogP contribution >= 0.6 is 0 Å². The second-order valence-electron chi connectivity index (χ2n) is 5.71. The topological polar surface area (TPSA) is 85.6 Å². The Morgan fingerprint density at radius 2 is 1.84 bits per heavy atom. The van der Waals surface area contributed by atoms with Crippen LogP contribution in [0.2, 0.25) is 0 Å². The Balaban J connectivity index is 1.94. The number of ether oxygens (including phenoxy) is 1. The zero-order valence-electron chi connectivity index (χ0n) is 13.8. The number of carbonyl (C=O) groups excluding carboxylic acids is 3. The molecule has 6 nitrogen and oxygen atoms in total. The van der Waals surface area contributed by atoms with Crippen LogP contribution in [0.5, 0.6) is 0 Å². The standard InChI is InChI=1S/C18H18FNO5/c1-11(2)16(20-17(22)15-4-3-9-24-15)18(23)25-10-14(21)12-5-7-13(19)8-6-12/h3-9,11,16H,10H2,1-2H3,(H,20,22). The third-order valence-electron chi connectivity index (χ3n) is 3.46. The molecule has 1 aromatic heterocycles. The van der Waals surface area contributed by atoms with Gasteiger partial charge in [-0.2, -0.15) is 0 Å². The molecular formula is C18H18FNO5. The van der Waals surface area contributed by atoms with Crippen molar-refractivity contribution in [1.82, 2.24) is 5.32 Å². The highest BCUT2D eigenvalue weighted by atomic mass is 19.1. The second kappa shape index (κ2) is 8.23. The lowest BCUT2D eigenvalue weighted by atomic mass is 10.0. The van der Waals surface area contributed by atoms with Gasteiger partial charge in [0, 0.05) is 5.56 Å². The molecule has 7 heteroatoms. The Labute approximate surface area is 144 Å². The highest BCUT2D eigenvalue weighted by Gasteiger charge is 2.27. The number of furan rings is 1. The van der Waals surface area contributed by atoms with Gasteiger partial charge in [0.15, 0.2) is 18.2 Å². The van der Waals surface area contributed by atoms with Gasteiger partial charge in [0.1, 0.15) is 11.9 Å². The molecule has 25 heavy (non-hydrogen) atoms. The molecule has 0 spiro atoms. The molecule has 1 aromatic carbocycles. The fourth-order valence-corrected chi connectivity index (χ4v) is 2.06. The maximum atomic E-state index is 12.9. The zero-order valence-corrected chi connectivity index (χ0v) is 13.8. The minimum Gasteiger partial charge on any atom is -0.459 e. The number of hydrogen-bond acceptors (Lipinski definition) is 5. The van der Waals surface area contributed by atoms with E-state index in [1.807, 2.05) is 0 Å². The molecule has 0 fully saturated rings. The molecule has 132 valence electrons. The van der Waals surface area contributed by atoms with Crippen LogP contribution in [0.25, 0.3) is 0 Å². The molecular weight excluding hydrogens is 329 g/mol. The first-order valence-corrected chi connectivity index (χ1v) is 7.68. The lowest BCUT2D eigenvalue weighted by Crippen LogP contribution is -2.45. The van der Waals surface area contributed by atoms with E-state index in [1.54, 1.807) is 19.9 Å². The van der Waals surface area contributed by atoms with Gasteiger partial charge in [0.2, 0.25) is 0 Å². The summed E-state index contributed by atoms with van der Waals surface area (Å²) in [6, 6.07) is 7.01. The number of amides is 1. The van der Waals surface area contributed by atoms with Crippen LogP contribution in [0.3, 0.4) is 0 Å². The van der Waals surface area contributed by atoms with Gasteiger partial charge in [-0.05, 0) is 42.3 Å². The Bertz CT molecular complexity index is 737. The van der Waals surface area contributed by atoms with Crippen LogP contribution in [0.1, 0.15) is 34.8 Å². The number of carbonyl (C=O) groups is 3. The number of nitrogens with one attached hydrogen (secondary N) is 1. The number of esters is 1. The molecule has 1 unspecified atom stereocenters. The van der Waals surface area contributed by atoms with E-state index in [9.17, 15) is 18.8 Å². The predicted octanol–water partition coefficient (Wildman–Crippen LogP) is 2.60. The van der Waals surface area contributed by atoms with E-state index in [-0.39, 0.29) is 17.2 Å². The van der Waals surface area contributed by atoms with Crippen molar-refractivity contribution in [2.75, 3.05) is 6.61 Å². The summed E-state index contributed by atoms with van der Waals surface area (Å²) in [7, 11) is 0. The summed E-state index contributed by atoms with van der Waals surface area (Å²) < 4.78 is 22.8. The number of halogens is 1. The minimum atomic E-state index is -0.932. The Kier molecular flexibility index (Phi) is 6.05. The molecule has 1 atom stereocenters. The number of hydrogen-bond donors (Lipinski definition) is 1. The van der Waals surface area contributed by atoms with Crippen molar-refractivity contribution in [3.05, 3.63) is 59.8 Å². The summed E-state index contributed by atoms with van der Waals surface area (Å²) in [5.74, 6) is -2.40. The number of rotatable bonds is 7. The van der Waals surface area contributed by atoms with E-state index in [0.717, 1.165) is 12.1 Å². The first-order valence-electron chi connectivity index (χ1n) is 7.68. The van der Waals surface area contributed by atoms with Crippen LogP contribution in [-0.2, 0) is 9.53 Å². The predicted molar refractivity (Wildman–Crippen MR) is 86.5 cm³/mol. The number of ketones is 1. The number of Topliss-reactive ketones (excluding diaryl/α,β-unsaturated/α-hetero) is 1. The van der Waals surface area contributed by atoms with Crippen molar-refractivity contribution in [3.63, 3.8) is 0 Å². The Hall–Kier alpha value is -2.96. The lowest BCUT2D eigenvalue weighted by molar-refractivity contribution is -0.145. The third-order valence-corrected chi connectivity index (χ3v) is 3.46. The normalized spacial score (nSPS) is 11.8. The molecule has 0 saturated carbocycles. The third kappa shape index (κ3) is 5.00. The largest absolute Gasteiger partial charge is 0.459 e. The SMILES string of the molecule is CC(C)C(NC(=O)c1ccco1)C(=O)OCC(=O)c1ccc(F)cc1. The van der Waals surface area contributed by atoms with Crippen LogP contribution < -0.4 is 5.32 Å². The van der Waals surface area contributed by atoms with Crippen molar-refractivity contribution >= 4 is 17.7 Å². The van der Waals surface area contributed by atoms with Gasteiger partial charge in [-0.25, -0.2) is 9.18 Å². The Morgan fingerprint density at radius 1 is 1.16 bits per heavy atom. The average Bonchev–Trinajstić information content (AvgIpc) is 3.12. The zero-order chi connectivity index (χ0) is 18.4. The fraction of sp³-hybridized carbons (Fsp3) is 0.278. The summed E-state index contributed by atoms with van der Waals surface area (Å²) in [6.07, 6.45) is 1.35. The molecule has 1 amide bonds. The molecule has 1 heterocycles. The van der Waals surface area contributed by atoms with Crippen molar-refractivity contribution in [2.24, 2.45) is 5.92 Å². The maximum Gasteiger partial charge on any atom is 0.329 e. The van der Waals surface area contributed by atoms with E-state index in [0.29, 0.717) is 0 Å². The first kappa shape index (κ1) is 18.4. The smallest absolute Gasteiger partial charge is 0.329 e. The molecule has 0 bridgehead atoms. The van der Waals surface area contributed by atoms with Crippen molar-refractivity contribution in [3.8, 4) is 0 Å². The van der Waals surface area contributed by atoms with Crippen molar-refractivity contribution in [2.45, 2.75) is 19.9 Å². The summed E-state index contributed by atoms with van der Waals surface area (Å²) in [6.45, 7) is 2.97. The summed E-state index contributed by atoms with van der Waals surface area (Å²) in [4.78, 5) is 36.2. The summed E-state index contributed by atoms with van der Waals surface area (Å²) in [5, 5.41) is 2.52. The van der Waals surface area contributed by atoms with E-state index >= 15 is 0 Å². The average molecular weight is 347 g/mol. The maximum absolute atomic E-state index is 12.9. The van der Waals surface area contributed by atoms with Gasteiger partial charge in [-0.1, -0.05) is 13.8 Å². The van der Waals surface area contributed by atoms with E-state index in [1.165, 1.54) is 24.5 Å². The molecule has 0 radical (unpaired) electrons. The fourth-order valence-electron chi connectivity index (χ4n) is 2.06. The van der Waals surface area contributed by atoms with Gasteiger partial charge in [0.05, 0.1) is 6.26 Å². The van der Waals surface area contributed by atoms with Gasteiger partial charge in [-0.3, -0.25) is 9.59 Å². The first-order chi connectivity index (χ1) is 11.9. The molecule has 2 aromatic rings. The molecule has 0 aliphatic carbocycles. The minimum absolute atomic E-state index is 0.0702. The lowest BCUT2D eigenvalue weighted by Gasteiger charge is -2.20. The molecule has 0 aliphatic rings. The summed E-state index contributed by atoms with van der Waals surface area (Å²) in [5.41, 5.74) is 0.231. The highest BCUT2D eigenvalue weighted by Crippen LogP contribution is 2.09. The molecule has 1 N–H and O–H groups in total. The van der Waals surface area contributed by atoms with E-state index in [4.69, 9.17) is 9.15 Å². The van der Waals surface area contributed by atoms with Gasteiger partial charge >= 0.3 is 5.97 Å². The number of benzene rings is 1. The summed E-state index contributed by atoms with van der Waals surface area (Å²) >= 11 is 0. The molecule has 0 saturated heterocycles. The van der Waals surface area contributed by atoms with E-state index in [2.05, 4.69) is 5.32 Å². The van der Waals surface area contributed by atoms with Gasteiger partial charge < -0.3 is 14.5 Å². The van der Waals surface area contributed by atoms with Gasteiger partial charge in [0.25, 0.3) is 5.91 Å². The van der Waals surface area contributed by atoms with Crippen molar-refractivity contribution < 1.29 is 27.9 Å². The highest BCUT2D eigenvalue weighted by molar-refractivity contribution is 5.98. The van der Waals surface area contributed by atoms with E-state index < -0.39 is 36.1 Å². The quantitative estimate of drug-likeness (QED) is 0.615. The Morgan fingerprint density at radius 3 is 2.40 bits per heavy atom. The van der Waals surface area contributed by atoms with Gasteiger partial charge in [-0.15, -0.1) is 0 Å². The van der Waals surface area contributed by atoms with Crippen LogP contribution in [0.4, 0.5) is 4.39 Å². The van der Waals surface area contributed by atoms with Crippen LogP contribution in [0.15, 0.2) is 47.1 Å². The second-order valence-corrected chi connectivity index (χ2v) is 5.71.